The van der Waals surface area contributed by atoms with Crippen LogP contribution < -0.4 is 10.0 Å². The van der Waals surface area contributed by atoms with E-state index in [1.165, 1.54) is 0 Å². The molecular formula is C12H21N3O2S. The van der Waals surface area contributed by atoms with Crippen LogP contribution in [0.1, 0.15) is 25.8 Å². The van der Waals surface area contributed by atoms with E-state index in [2.05, 4.69) is 15.0 Å². The van der Waals surface area contributed by atoms with Gasteiger partial charge < -0.3 is 5.32 Å². The Balaban J connectivity index is 2.44. The number of nitrogens with one attached hydrogen (secondary N) is 2. The fraction of sp³-hybridized carbons (Fsp3) is 0.583. The molecule has 1 rings (SSSR count). The predicted octanol–water partition coefficient (Wildman–Crippen LogP) is 0.889. The Morgan fingerprint density at radius 2 is 2.00 bits per heavy atom. The molecule has 5 nitrogen and oxygen atoms in total. The number of hydrogen-bond donors (Lipinski definition) is 2. The smallest absolute Gasteiger partial charge is 0.215 e. The van der Waals surface area contributed by atoms with E-state index < -0.39 is 15.3 Å². The van der Waals surface area contributed by atoms with Crippen molar-refractivity contribution in [1.29, 1.82) is 0 Å². The zero-order valence-electron chi connectivity index (χ0n) is 10.9. The molecule has 0 fully saturated rings. The van der Waals surface area contributed by atoms with Crippen LogP contribution in [0.5, 0.6) is 0 Å². The second-order valence-electron chi connectivity index (χ2n) is 4.24. The summed E-state index contributed by atoms with van der Waals surface area (Å²) in [6.45, 7) is 5.37. The molecule has 1 aromatic rings. The summed E-state index contributed by atoms with van der Waals surface area (Å²) in [5.41, 5.74) is 0.905. The lowest BCUT2D eigenvalue weighted by molar-refractivity contribution is 0.557. The third kappa shape index (κ3) is 5.12. The lowest BCUT2D eigenvalue weighted by Crippen LogP contribution is -2.38. The summed E-state index contributed by atoms with van der Waals surface area (Å²) in [7, 11) is -3.27. The topological polar surface area (TPSA) is 71.1 Å². The minimum Gasteiger partial charge on any atom is -0.315 e. The highest BCUT2D eigenvalue weighted by Crippen LogP contribution is 2.01. The average molecular weight is 271 g/mol. The summed E-state index contributed by atoms with van der Waals surface area (Å²) >= 11 is 0. The van der Waals surface area contributed by atoms with Crippen molar-refractivity contribution in [2.45, 2.75) is 32.1 Å². The second kappa shape index (κ2) is 7.45. The first-order valence-electron chi connectivity index (χ1n) is 6.14. The highest BCUT2D eigenvalue weighted by molar-refractivity contribution is 7.90. The molecule has 0 bridgehead atoms. The Labute approximate surface area is 109 Å². The van der Waals surface area contributed by atoms with Crippen molar-refractivity contribution >= 4 is 10.0 Å². The summed E-state index contributed by atoms with van der Waals surface area (Å²) < 4.78 is 26.5. The zero-order valence-corrected chi connectivity index (χ0v) is 11.7. The highest BCUT2D eigenvalue weighted by Gasteiger charge is 2.19. The maximum absolute atomic E-state index is 11.9. The quantitative estimate of drug-likeness (QED) is 0.689. The van der Waals surface area contributed by atoms with Gasteiger partial charge in [0.25, 0.3) is 0 Å². The molecule has 18 heavy (non-hydrogen) atoms. The molecule has 0 radical (unpaired) electrons. The van der Waals surface area contributed by atoms with Crippen molar-refractivity contribution in [2.75, 3.05) is 13.1 Å². The Bertz CT molecular complexity index is 434. The minimum absolute atomic E-state index is 0.309. The molecular weight excluding hydrogens is 250 g/mol. The van der Waals surface area contributed by atoms with Crippen LogP contribution in [-0.4, -0.2) is 31.7 Å². The number of hydrogen-bond acceptors (Lipinski definition) is 4. The molecule has 0 aliphatic heterocycles. The van der Waals surface area contributed by atoms with Crippen LogP contribution in [0, 0.1) is 0 Å². The summed E-state index contributed by atoms with van der Waals surface area (Å²) in [6, 6.07) is 3.59. The van der Waals surface area contributed by atoms with Gasteiger partial charge in [-0.1, -0.05) is 6.92 Å². The third-order valence-electron chi connectivity index (χ3n) is 2.62. The number of aromatic nitrogens is 1. The van der Waals surface area contributed by atoms with Crippen LogP contribution in [0.3, 0.4) is 0 Å². The Morgan fingerprint density at radius 1 is 1.33 bits per heavy atom. The van der Waals surface area contributed by atoms with Gasteiger partial charge >= 0.3 is 0 Å². The third-order valence-corrected chi connectivity index (χ3v) is 4.39. The largest absolute Gasteiger partial charge is 0.315 e. The first-order valence-corrected chi connectivity index (χ1v) is 7.69. The summed E-state index contributed by atoms with van der Waals surface area (Å²) in [6.07, 6.45) is 4.29. The predicted molar refractivity (Wildman–Crippen MR) is 72.6 cm³/mol. The molecule has 1 unspecified atom stereocenters. The average Bonchev–Trinajstić information content (AvgIpc) is 2.38. The van der Waals surface area contributed by atoms with Gasteiger partial charge in [0.1, 0.15) is 0 Å². The van der Waals surface area contributed by atoms with Crippen molar-refractivity contribution in [3.8, 4) is 0 Å². The van der Waals surface area contributed by atoms with E-state index in [-0.39, 0.29) is 0 Å². The monoisotopic (exact) mass is 271 g/mol. The number of sulfonamides is 1. The molecule has 0 aliphatic rings. The summed E-state index contributed by atoms with van der Waals surface area (Å²) in [4.78, 5) is 3.89. The molecule has 102 valence electrons. The van der Waals surface area contributed by atoms with E-state index in [1.807, 2.05) is 6.92 Å². The van der Waals surface area contributed by atoms with E-state index >= 15 is 0 Å². The van der Waals surface area contributed by atoms with Crippen molar-refractivity contribution < 1.29 is 8.42 Å². The van der Waals surface area contributed by atoms with Gasteiger partial charge in [0, 0.05) is 25.5 Å². The first-order chi connectivity index (χ1) is 8.56. The minimum atomic E-state index is -3.27. The van der Waals surface area contributed by atoms with Gasteiger partial charge in [-0.15, -0.1) is 0 Å². The Morgan fingerprint density at radius 3 is 2.61 bits per heavy atom. The molecule has 0 aromatic carbocycles. The maximum Gasteiger partial charge on any atom is 0.215 e. The molecule has 1 heterocycles. The van der Waals surface area contributed by atoms with Gasteiger partial charge in [-0.3, -0.25) is 4.98 Å². The normalized spacial score (nSPS) is 13.4. The highest BCUT2D eigenvalue weighted by atomic mass is 32.2. The molecule has 6 heteroatoms. The summed E-state index contributed by atoms with van der Waals surface area (Å²) in [5, 5.41) is 2.67. The second-order valence-corrected chi connectivity index (χ2v) is 6.42. The van der Waals surface area contributed by atoms with Crippen molar-refractivity contribution in [1.82, 2.24) is 15.0 Å². The van der Waals surface area contributed by atoms with E-state index in [1.54, 1.807) is 31.5 Å². The van der Waals surface area contributed by atoms with Crippen molar-refractivity contribution in [2.24, 2.45) is 0 Å². The fourth-order valence-electron chi connectivity index (χ4n) is 1.42. The van der Waals surface area contributed by atoms with Crippen LogP contribution in [0.25, 0.3) is 0 Å². The van der Waals surface area contributed by atoms with E-state index in [0.29, 0.717) is 13.1 Å². The van der Waals surface area contributed by atoms with Gasteiger partial charge in [0.2, 0.25) is 10.0 Å². The lowest BCUT2D eigenvalue weighted by atomic mass is 10.3. The molecule has 0 spiro atoms. The van der Waals surface area contributed by atoms with Crippen LogP contribution in [0.15, 0.2) is 24.5 Å². The van der Waals surface area contributed by atoms with Gasteiger partial charge in [0.15, 0.2) is 0 Å². The number of nitrogens with zero attached hydrogens (tertiary/aromatic N) is 1. The van der Waals surface area contributed by atoms with Crippen molar-refractivity contribution in [3.63, 3.8) is 0 Å². The number of pyridine rings is 1. The van der Waals surface area contributed by atoms with E-state index in [4.69, 9.17) is 0 Å². The molecule has 1 aromatic heterocycles. The molecule has 0 saturated heterocycles. The SMILES string of the molecule is CCCNCC(C)S(=O)(=O)NCc1ccncc1. The van der Waals surface area contributed by atoms with Gasteiger partial charge in [-0.2, -0.15) is 0 Å². The van der Waals surface area contributed by atoms with Crippen molar-refractivity contribution in [3.05, 3.63) is 30.1 Å². The van der Waals surface area contributed by atoms with Gasteiger partial charge in [0.05, 0.1) is 5.25 Å². The maximum atomic E-state index is 11.9. The van der Waals surface area contributed by atoms with Gasteiger partial charge in [-0.25, -0.2) is 13.1 Å². The Kier molecular flexibility index (Phi) is 6.24. The van der Waals surface area contributed by atoms with Crippen LogP contribution in [0.2, 0.25) is 0 Å². The van der Waals surface area contributed by atoms with E-state index in [0.717, 1.165) is 18.5 Å². The molecule has 2 N–H and O–H groups in total. The van der Waals surface area contributed by atoms with E-state index in [9.17, 15) is 8.42 Å². The van der Waals surface area contributed by atoms with Crippen LogP contribution in [0.4, 0.5) is 0 Å². The zero-order chi connectivity index (χ0) is 13.4. The van der Waals surface area contributed by atoms with Gasteiger partial charge in [-0.05, 0) is 37.6 Å². The number of rotatable bonds is 8. The lowest BCUT2D eigenvalue weighted by Gasteiger charge is -2.14. The fourth-order valence-corrected chi connectivity index (χ4v) is 2.41. The molecule has 0 saturated carbocycles. The standard InChI is InChI=1S/C12H21N3O2S/c1-3-6-14-9-11(2)18(16,17)15-10-12-4-7-13-8-5-12/h4-5,7-8,11,14-15H,3,6,9-10H2,1-2H3. The molecule has 1 atom stereocenters. The van der Waals surface area contributed by atoms with Crippen LogP contribution in [-0.2, 0) is 16.6 Å². The Hall–Kier alpha value is -0.980. The molecule has 0 aliphatic carbocycles. The first kappa shape index (κ1) is 15.1. The molecule has 0 amide bonds. The van der Waals surface area contributed by atoms with Crippen LogP contribution >= 0.6 is 0 Å². The summed E-state index contributed by atoms with van der Waals surface area (Å²) in [5.74, 6) is 0.